The van der Waals surface area contributed by atoms with Crippen LogP contribution in [0.1, 0.15) is 6.92 Å². The first kappa shape index (κ1) is 10.4. The molecule has 0 fully saturated rings. The number of hydrogen-bond donors (Lipinski definition) is 1. The maximum absolute atomic E-state index is 10.9. The highest BCUT2D eigenvalue weighted by Crippen LogP contribution is 2.18. The molecular weight excluding hydrogens is 204 g/mol. The summed E-state index contributed by atoms with van der Waals surface area (Å²) in [7, 11) is 1.86. The molecular formula is C11H12N4O. The van der Waals surface area contributed by atoms with E-state index in [4.69, 9.17) is 0 Å². The van der Waals surface area contributed by atoms with Gasteiger partial charge in [0.05, 0.1) is 5.69 Å². The molecule has 0 unspecified atom stereocenters. The summed E-state index contributed by atoms with van der Waals surface area (Å²) >= 11 is 0. The van der Waals surface area contributed by atoms with Crippen LogP contribution in [-0.2, 0) is 11.8 Å². The Morgan fingerprint density at radius 2 is 2.25 bits per heavy atom. The fourth-order valence-corrected chi connectivity index (χ4v) is 1.41. The summed E-state index contributed by atoms with van der Waals surface area (Å²) in [5, 5.41) is 6.91. The quantitative estimate of drug-likeness (QED) is 0.826. The molecule has 16 heavy (non-hydrogen) atoms. The molecule has 0 aromatic carbocycles. The van der Waals surface area contributed by atoms with Crippen molar-refractivity contribution in [3.8, 4) is 11.3 Å². The Balaban J connectivity index is 2.32. The number of aromatic nitrogens is 3. The third-order valence-corrected chi connectivity index (χ3v) is 2.07. The van der Waals surface area contributed by atoms with Crippen LogP contribution in [0.3, 0.4) is 0 Å². The van der Waals surface area contributed by atoms with Gasteiger partial charge in [-0.2, -0.15) is 5.10 Å². The molecule has 2 rings (SSSR count). The molecule has 0 aliphatic rings. The molecule has 82 valence electrons. The topological polar surface area (TPSA) is 59.8 Å². The molecule has 2 aromatic rings. The zero-order valence-corrected chi connectivity index (χ0v) is 9.14. The number of carbonyl (C=O) groups excluding carboxylic acids is 1. The van der Waals surface area contributed by atoms with E-state index in [0.29, 0.717) is 5.82 Å². The van der Waals surface area contributed by atoms with E-state index in [9.17, 15) is 4.79 Å². The Hall–Kier alpha value is -2.17. The van der Waals surface area contributed by atoms with Crippen LogP contribution >= 0.6 is 0 Å². The zero-order valence-electron chi connectivity index (χ0n) is 9.14. The number of pyridine rings is 1. The summed E-state index contributed by atoms with van der Waals surface area (Å²) in [4.78, 5) is 14.9. The molecule has 2 heterocycles. The van der Waals surface area contributed by atoms with Gasteiger partial charge in [0.1, 0.15) is 5.82 Å². The molecule has 5 nitrogen and oxygen atoms in total. The Morgan fingerprint density at radius 1 is 1.44 bits per heavy atom. The second kappa shape index (κ2) is 4.14. The highest BCUT2D eigenvalue weighted by molar-refractivity contribution is 5.88. The van der Waals surface area contributed by atoms with Crippen molar-refractivity contribution in [3.63, 3.8) is 0 Å². The summed E-state index contributed by atoms with van der Waals surface area (Å²) in [6, 6.07) is 5.56. The third-order valence-electron chi connectivity index (χ3n) is 2.07. The van der Waals surface area contributed by atoms with Crippen molar-refractivity contribution in [1.29, 1.82) is 0 Å². The highest BCUT2D eigenvalue weighted by Gasteiger charge is 2.03. The molecule has 0 radical (unpaired) electrons. The number of carbonyl (C=O) groups is 1. The number of nitrogens with zero attached hydrogens (tertiary/aromatic N) is 3. The monoisotopic (exact) mass is 216 g/mol. The van der Waals surface area contributed by atoms with Crippen molar-refractivity contribution >= 4 is 11.7 Å². The molecule has 5 heteroatoms. The summed E-state index contributed by atoms with van der Waals surface area (Å²) in [6.45, 7) is 1.45. The van der Waals surface area contributed by atoms with Gasteiger partial charge < -0.3 is 5.32 Å². The molecule has 0 aliphatic carbocycles. The number of nitrogens with one attached hydrogen (secondary N) is 1. The van der Waals surface area contributed by atoms with Crippen LogP contribution in [0, 0.1) is 0 Å². The highest BCUT2D eigenvalue weighted by atomic mass is 16.1. The van der Waals surface area contributed by atoms with E-state index in [2.05, 4.69) is 15.4 Å². The molecule has 0 saturated heterocycles. The Kier molecular flexibility index (Phi) is 2.68. The van der Waals surface area contributed by atoms with Crippen LogP contribution in [0.5, 0.6) is 0 Å². The number of amides is 1. The summed E-state index contributed by atoms with van der Waals surface area (Å²) < 4.78 is 1.73. The third kappa shape index (κ3) is 2.25. The molecule has 2 aromatic heterocycles. The minimum absolute atomic E-state index is 0.134. The van der Waals surface area contributed by atoms with Crippen molar-refractivity contribution in [2.24, 2.45) is 7.05 Å². The van der Waals surface area contributed by atoms with Crippen LogP contribution in [-0.4, -0.2) is 20.7 Å². The van der Waals surface area contributed by atoms with E-state index in [1.54, 1.807) is 16.9 Å². The largest absolute Gasteiger partial charge is 0.311 e. The Morgan fingerprint density at radius 3 is 2.88 bits per heavy atom. The molecule has 0 saturated carbocycles. The average molecular weight is 216 g/mol. The lowest BCUT2D eigenvalue weighted by Crippen LogP contribution is -2.07. The number of hydrogen-bond acceptors (Lipinski definition) is 3. The van der Waals surface area contributed by atoms with E-state index in [-0.39, 0.29) is 5.91 Å². The maximum atomic E-state index is 10.9. The number of aryl methyl sites for hydroxylation is 1. The minimum Gasteiger partial charge on any atom is -0.311 e. The standard InChI is InChI=1S/C11H12N4O/c1-8(16)13-11-7-9(3-5-12-11)10-4-6-15(2)14-10/h3-7H,1-2H3,(H,12,13,16). The van der Waals surface area contributed by atoms with Crippen LogP contribution in [0.25, 0.3) is 11.3 Å². The first-order valence-electron chi connectivity index (χ1n) is 4.89. The average Bonchev–Trinajstić information content (AvgIpc) is 2.64. The molecule has 0 bridgehead atoms. The van der Waals surface area contributed by atoms with Gasteiger partial charge in [-0.1, -0.05) is 0 Å². The second-order valence-electron chi connectivity index (χ2n) is 3.49. The predicted octanol–water partition coefficient (Wildman–Crippen LogP) is 1.44. The van der Waals surface area contributed by atoms with Crippen LogP contribution in [0.2, 0.25) is 0 Å². The van der Waals surface area contributed by atoms with Gasteiger partial charge in [-0.25, -0.2) is 4.98 Å². The van der Waals surface area contributed by atoms with Crippen molar-refractivity contribution < 1.29 is 4.79 Å². The van der Waals surface area contributed by atoms with Gasteiger partial charge in [0, 0.05) is 31.9 Å². The van der Waals surface area contributed by atoms with Gasteiger partial charge in [-0.05, 0) is 18.2 Å². The minimum atomic E-state index is -0.134. The molecule has 0 atom stereocenters. The van der Waals surface area contributed by atoms with E-state index < -0.39 is 0 Å². The van der Waals surface area contributed by atoms with Crippen molar-refractivity contribution in [2.75, 3.05) is 5.32 Å². The normalized spacial score (nSPS) is 10.1. The zero-order chi connectivity index (χ0) is 11.5. The van der Waals surface area contributed by atoms with Gasteiger partial charge in [-0.15, -0.1) is 0 Å². The predicted molar refractivity (Wildman–Crippen MR) is 60.7 cm³/mol. The van der Waals surface area contributed by atoms with E-state index in [0.717, 1.165) is 11.3 Å². The van der Waals surface area contributed by atoms with Gasteiger partial charge in [0.25, 0.3) is 0 Å². The van der Waals surface area contributed by atoms with Crippen molar-refractivity contribution in [1.82, 2.24) is 14.8 Å². The fraction of sp³-hybridized carbons (Fsp3) is 0.182. The van der Waals surface area contributed by atoms with Crippen molar-refractivity contribution in [3.05, 3.63) is 30.6 Å². The van der Waals surface area contributed by atoms with Crippen LogP contribution in [0.4, 0.5) is 5.82 Å². The van der Waals surface area contributed by atoms with Gasteiger partial charge >= 0.3 is 0 Å². The number of anilines is 1. The van der Waals surface area contributed by atoms with Gasteiger partial charge in [0.15, 0.2) is 0 Å². The van der Waals surface area contributed by atoms with Gasteiger partial charge in [-0.3, -0.25) is 9.48 Å². The van der Waals surface area contributed by atoms with E-state index in [1.807, 2.05) is 25.4 Å². The van der Waals surface area contributed by atoms with Crippen LogP contribution < -0.4 is 5.32 Å². The SMILES string of the molecule is CC(=O)Nc1cc(-c2ccn(C)n2)ccn1. The van der Waals surface area contributed by atoms with Crippen LogP contribution in [0.15, 0.2) is 30.6 Å². The van der Waals surface area contributed by atoms with E-state index >= 15 is 0 Å². The smallest absolute Gasteiger partial charge is 0.222 e. The first-order valence-corrected chi connectivity index (χ1v) is 4.89. The van der Waals surface area contributed by atoms with Gasteiger partial charge in [0.2, 0.25) is 5.91 Å². The lowest BCUT2D eigenvalue weighted by atomic mass is 10.2. The lowest BCUT2D eigenvalue weighted by Gasteiger charge is -2.02. The summed E-state index contributed by atoms with van der Waals surface area (Å²) in [5.41, 5.74) is 1.79. The molecule has 0 aliphatic heterocycles. The lowest BCUT2D eigenvalue weighted by molar-refractivity contribution is -0.114. The summed E-state index contributed by atoms with van der Waals surface area (Å²) in [5.74, 6) is 0.404. The molecule has 1 amide bonds. The Bertz CT molecular complexity index is 518. The molecule has 1 N–H and O–H groups in total. The summed E-state index contributed by atoms with van der Waals surface area (Å²) in [6.07, 6.45) is 3.52. The Labute approximate surface area is 93.1 Å². The fourth-order valence-electron chi connectivity index (χ4n) is 1.41. The maximum Gasteiger partial charge on any atom is 0.222 e. The van der Waals surface area contributed by atoms with Crippen molar-refractivity contribution in [2.45, 2.75) is 6.92 Å². The number of rotatable bonds is 2. The second-order valence-corrected chi connectivity index (χ2v) is 3.49. The van der Waals surface area contributed by atoms with E-state index in [1.165, 1.54) is 6.92 Å². The first-order chi connectivity index (χ1) is 7.65. The molecule has 0 spiro atoms.